The molecule has 0 aromatic carbocycles. The van der Waals surface area contributed by atoms with Crippen LogP contribution in [0.4, 0.5) is 0 Å². The summed E-state index contributed by atoms with van der Waals surface area (Å²) in [6.45, 7) is 3.41. The van der Waals surface area contributed by atoms with Crippen LogP contribution in [-0.4, -0.2) is 57.9 Å². The molecular weight excluding hydrogens is 422 g/mol. The summed E-state index contributed by atoms with van der Waals surface area (Å²) in [6.07, 6.45) is 0.209. The Bertz CT molecular complexity index is 1160. The molecule has 0 saturated carbocycles. The summed E-state index contributed by atoms with van der Waals surface area (Å²) < 4.78 is 42.2. The number of hydrogen-bond donors (Lipinski definition) is 2. The number of aliphatic hydroxyl groups excluding tert-OH is 1. The molecule has 164 valence electrons. The predicted molar refractivity (Wildman–Crippen MR) is 99.9 cm³/mol. The molecule has 30 heavy (non-hydrogen) atoms. The molecule has 3 heterocycles. The van der Waals surface area contributed by atoms with E-state index in [2.05, 4.69) is 15.3 Å². The SMILES string of the molecule is COC1C(O)=C(Cn2cc(S(=O)(=O)OCC(C)C)nn2)O[C@H]1n1ccc(=O)[nH]c1=O. The molecule has 3 rings (SSSR count). The maximum atomic E-state index is 12.1. The average molecular weight is 443 g/mol. The van der Waals surface area contributed by atoms with Crippen molar-refractivity contribution in [3.8, 4) is 0 Å². The molecule has 1 unspecified atom stereocenters. The molecule has 0 radical (unpaired) electrons. The molecular formula is C16H21N5O8S. The van der Waals surface area contributed by atoms with Crippen LogP contribution in [0.3, 0.4) is 0 Å². The lowest BCUT2D eigenvalue weighted by molar-refractivity contribution is -0.0353. The Morgan fingerprint density at radius 3 is 2.73 bits per heavy atom. The van der Waals surface area contributed by atoms with Crippen LogP contribution in [-0.2, 0) is 30.3 Å². The van der Waals surface area contributed by atoms with Gasteiger partial charge in [0.1, 0.15) is 6.54 Å². The van der Waals surface area contributed by atoms with Crippen molar-refractivity contribution >= 4 is 10.1 Å². The minimum atomic E-state index is -4.08. The van der Waals surface area contributed by atoms with Gasteiger partial charge in [0.15, 0.2) is 17.6 Å². The molecule has 0 bridgehead atoms. The van der Waals surface area contributed by atoms with Crippen molar-refractivity contribution in [2.24, 2.45) is 5.92 Å². The lowest BCUT2D eigenvalue weighted by Gasteiger charge is -2.19. The Balaban J connectivity index is 1.80. The molecule has 1 aliphatic heterocycles. The topological polar surface area (TPSA) is 168 Å². The van der Waals surface area contributed by atoms with Crippen molar-refractivity contribution in [2.75, 3.05) is 13.7 Å². The second-order valence-corrected chi connectivity index (χ2v) is 8.44. The van der Waals surface area contributed by atoms with E-state index in [1.807, 2.05) is 0 Å². The number of aliphatic hydroxyl groups is 1. The van der Waals surface area contributed by atoms with Gasteiger partial charge >= 0.3 is 15.8 Å². The molecule has 0 fully saturated rings. The van der Waals surface area contributed by atoms with E-state index in [-0.39, 0.29) is 30.6 Å². The number of methoxy groups -OCH3 is 1. The first-order chi connectivity index (χ1) is 14.1. The van der Waals surface area contributed by atoms with E-state index >= 15 is 0 Å². The molecule has 0 spiro atoms. The third kappa shape index (κ3) is 4.44. The fourth-order valence-corrected chi connectivity index (χ4v) is 3.60. The highest BCUT2D eigenvalue weighted by atomic mass is 32.2. The average Bonchev–Trinajstić information content (AvgIpc) is 3.26. The maximum Gasteiger partial charge on any atom is 0.331 e. The van der Waals surface area contributed by atoms with Gasteiger partial charge in [0.2, 0.25) is 11.3 Å². The Hall–Kier alpha value is -2.97. The minimum Gasteiger partial charge on any atom is -0.506 e. The summed E-state index contributed by atoms with van der Waals surface area (Å²) in [5, 5.41) is 17.3. The second-order valence-electron chi connectivity index (χ2n) is 6.88. The zero-order valence-electron chi connectivity index (χ0n) is 16.4. The number of nitrogens with zero attached hydrogens (tertiary/aromatic N) is 4. The summed E-state index contributed by atoms with van der Waals surface area (Å²) >= 11 is 0. The number of rotatable bonds is 8. The number of hydrogen-bond acceptors (Lipinski definition) is 10. The summed E-state index contributed by atoms with van der Waals surface area (Å²) in [6, 6.07) is 1.12. The van der Waals surface area contributed by atoms with Crippen molar-refractivity contribution in [1.29, 1.82) is 0 Å². The molecule has 1 aliphatic rings. The highest BCUT2D eigenvalue weighted by Gasteiger charge is 2.39. The maximum absolute atomic E-state index is 12.1. The van der Waals surface area contributed by atoms with Crippen LogP contribution in [0.25, 0.3) is 0 Å². The van der Waals surface area contributed by atoms with Gasteiger partial charge in [-0.3, -0.25) is 18.5 Å². The number of H-pyrrole nitrogens is 1. The van der Waals surface area contributed by atoms with E-state index in [1.54, 1.807) is 13.8 Å². The van der Waals surface area contributed by atoms with Gasteiger partial charge < -0.3 is 14.6 Å². The number of allylic oxidation sites excluding steroid dienone is 1. The third-order valence-electron chi connectivity index (χ3n) is 4.09. The number of aromatic amines is 1. The normalized spacial score (nSPS) is 19.5. The fraction of sp³-hybridized carbons (Fsp3) is 0.500. The Kier molecular flexibility index (Phi) is 6.09. The highest BCUT2D eigenvalue weighted by molar-refractivity contribution is 7.86. The first-order valence-electron chi connectivity index (χ1n) is 8.85. The van der Waals surface area contributed by atoms with Gasteiger partial charge in [-0.15, -0.1) is 5.10 Å². The predicted octanol–water partition coefficient (Wildman–Crippen LogP) is -0.497. The molecule has 0 saturated heterocycles. The van der Waals surface area contributed by atoms with E-state index < -0.39 is 38.7 Å². The molecule has 0 aliphatic carbocycles. The van der Waals surface area contributed by atoms with Crippen molar-refractivity contribution < 1.29 is 27.2 Å². The Morgan fingerprint density at radius 1 is 1.37 bits per heavy atom. The zero-order chi connectivity index (χ0) is 22.1. The third-order valence-corrected chi connectivity index (χ3v) is 5.24. The molecule has 0 amide bonds. The standard InChI is InChI=1S/C16H21N5O8S/c1-9(2)8-28-30(25,26)12-7-20(19-18-12)6-10-13(23)14(27-3)15(29-10)21-5-4-11(22)17-16(21)24/h4-5,7,9,14-15,23H,6,8H2,1-3H3,(H,17,22,24)/t14?,15-/m1/s1. The van der Waals surface area contributed by atoms with Crippen LogP contribution < -0.4 is 11.2 Å². The monoisotopic (exact) mass is 443 g/mol. The van der Waals surface area contributed by atoms with Crippen LogP contribution in [0.15, 0.2) is 44.6 Å². The summed E-state index contributed by atoms with van der Waals surface area (Å²) in [4.78, 5) is 25.4. The van der Waals surface area contributed by atoms with Gasteiger partial charge in [-0.1, -0.05) is 19.1 Å². The van der Waals surface area contributed by atoms with Gasteiger partial charge in [0.05, 0.1) is 12.8 Å². The molecule has 2 N–H and O–H groups in total. The van der Waals surface area contributed by atoms with Crippen LogP contribution in [0.5, 0.6) is 0 Å². The number of aromatic nitrogens is 5. The molecule has 2 aromatic rings. The van der Waals surface area contributed by atoms with Crippen molar-refractivity contribution in [1.82, 2.24) is 24.5 Å². The minimum absolute atomic E-state index is 0.00283. The quantitative estimate of drug-likeness (QED) is 0.508. The Morgan fingerprint density at radius 2 is 2.10 bits per heavy atom. The van der Waals surface area contributed by atoms with Gasteiger partial charge in [0.25, 0.3) is 5.56 Å². The van der Waals surface area contributed by atoms with Gasteiger partial charge in [-0.2, -0.15) is 8.42 Å². The molecule has 2 atom stereocenters. The first kappa shape index (κ1) is 21.7. The van der Waals surface area contributed by atoms with E-state index in [0.717, 1.165) is 21.5 Å². The van der Waals surface area contributed by atoms with Crippen LogP contribution in [0, 0.1) is 5.92 Å². The van der Waals surface area contributed by atoms with Gasteiger partial charge in [-0.25, -0.2) is 9.48 Å². The van der Waals surface area contributed by atoms with Crippen LogP contribution in [0.1, 0.15) is 20.1 Å². The fourth-order valence-electron chi connectivity index (χ4n) is 2.64. The van der Waals surface area contributed by atoms with E-state index in [4.69, 9.17) is 13.7 Å². The smallest absolute Gasteiger partial charge is 0.331 e. The van der Waals surface area contributed by atoms with Crippen LogP contribution in [0.2, 0.25) is 0 Å². The second kappa shape index (κ2) is 8.41. The van der Waals surface area contributed by atoms with Crippen molar-refractivity contribution in [2.45, 2.75) is 37.8 Å². The van der Waals surface area contributed by atoms with Crippen molar-refractivity contribution in [3.05, 3.63) is 50.8 Å². The van der Waals surface area contributed by atoms with E-state index in [0.29, 0.717) is 0 Å². The van der Waals surface area contributed by atoms with E-state index in [9.17, 15) is 23.1 Å². The number of nitrogens with one attached hydrogen (secondary N) is 1. The van der Waals surface area contributed by atoms with E-state index in [1.165, 1.54) is 13.3 Å². The first-order valence-corrected chi connectivity index (χ1v) is 10.3. The largest absolute Gasteiger partial charge is 0.506 e. The molecule has 13 nitrogen and oxygen atoms in total. The molecule has 14 heteroatoms. The van der Waals surface area contributed by atoms with Crippen LogP contribution >= 0.6 is 0 Å². The zero-order valence-corrected chi connectivity index (χ0v) is 17.2. The summed E-state index contributed by atoms with van der Waals surface area (Å²) in [5.74, 6) is -0.318. The summed E-state index contributed by atoms with van der Waals surface area (Å²) in [5.41, 5.74) is -1.34. The summed E-state index contributed by atoms with van der Waals surface area (Å²) in [7, 11) is -2.77. The highest BCUT2D eigenvalue weighted by Crippen LogP contribution is 2.33. The molecule has 2 aromatic heterocycles. The van der Waals surface area contributed by atoms with Crippen molar-refractivity contribution in [3.63, 3.8) is 0 Å². The van der Waals surface area contributed by atoms with Gasteiger partial charge in [-0.05, 0) is 5.92 Å². The lowest BCUT2D eigenvalue weighted by Crippen LogP contribution is -2.36. The number of ether oxygens (including phenoxy) is 2. The lowest BCUT2D eigenvalue weighted by atomic mass is 10.2. The Labute approximate surface area is 170 Å². The van der Waals surface area contributed by atoms with Gasteiger partial charge in [0, 0.05) is 19.4 Å².